The van der Waals surface area contributed by atoms with Crippen LogP contribution in [0.1, 0.15) is 37.5 Å². The molecule has 0 radical (unpaired) electrons. The largest absolute Gasteiger partial charge is 0.352 e. The number of sulfonamides is 1. The number of anilines is 1. The summed E-state index contributed by atoms with van der Waals surface area (Å²) in [6.07, 6.45) is 0. The van der Waals surface area contributed by atoms with Crippen LogP contribution in [0.4, 0.5) is 5.69 Å². The van der Waals surface area contributed by atoms with Crippen molar-refractivity contribution in [3.8, 4) is 0 Å². The highest BCUT2D eigenvalue weighted by molar-refractivity contribution is 7.92. The van der Waals surface area contributed by atoms with E-state index in [0.29, 0.717) is 21.3 Å². The van der Waals surface area contributed by atoms with Gasteiger partial charge in [0.2, 0.25) is 11.8 Å². The molecule has 0 bridgehead atoms. The Balaban J connectivity index is 2.09. The summed E-state index contributed by atoms with van der Waals surface area (Å²) in [6, 6.07) is 17.1. The number of aryl methyl sites for hydroxylation is 2. The van der Waals surface area contributed by atoms with Crippen LogP contribution in [0.2, 0.25) is 10.0 Å². The lowest BCUT2D eigenvalue weighted by Gasteiger charge is -2.32. The van der Waals surface area contributed by atoms with Crippen LogP contribution >= 0.6 is 23.2 Å². The standard InChI is InChI=1S/C29H33Cl2N3O4S/c1-19(2)32-29(36)22(5)33(17-25-26(30)12-9-13-27(25)31)28(35)18-34(23-15-20(3)14-21(4)16-23)39(37,38)24-10-7-6-8-11-24/h6-16,19,22H,17-18H2,1-5H3,(H,32,36). The fraction of sp³-hybridized carbons (Fsp3) is 0.310. The number of rotatable bonds is 10. The Bertz CT molecular complexity index is 1410. The van der Waals surface area contributed by atoms with Crippen molar-refractivity contribution >= 4 is 50.7 Å². The monoisotopic (exact) mass is 589 g/mol. The summed E-state index contributed by atoms with van der Waals surface area (Å²) in [5.41, 5.74) is 2.49. The number of hydrogen-bond acceptors (Lipinski definition) is 4. The number of carbonyl (C=O) groups is 2. The van der Waals surface area contributed by atoms with Gasteiger partial charge in [0.15, 0.2) is 0 Å². The van der Waals surface area contributed by atoms with Gasteiger partial charge in [-0.3, -0.25) is 13.9 Å². The Morgan fingerprint density at radius 1 is 0.872 bits per heavy atom. The highest BCUT2D eigenvalue weighted by atomic mass is 35.5. The van der Waals surface area contributed by atoms with Crippen molar-refractivity contribution in [3.63, 3.8) is 0 Å². The number of hydrogen-bond donors (Lipinski definition) is 1. The molecule has 1 N–H and O–H groups in total. The first-order valence-corrected chi connectivity index (χ1v) is 14.7. The minimum atomic E-state index is -4.14. The summed E-state index contributed by atoms with van der Waals surface area (Å²) in [5, 5.41) is 3.48. The molecule has 0 spiro atoms. The maximum absolute atomic E-state index is 14.0. The first-order chi connectivity index (χ1) is 18.3. The highest BCUT2D eigenvalue weighted by Gasteiger charge is 2.33. The second kappa shape index (κ2) is 12.9. The van der Waals surface area contributed by atoms with Gasteiger partial charge in [0.25, 0.3) is 10.0 Å². The summed E-state index contributed by atoms with van der Waals surface area (Å²) in [6.45, 7) is 8.31. The molecule has 208 valence electrons. The van der Waals surface area contributed by atoms with E-state index in [2.05, 4.69) is 5.32 Å². The van der Waals surface area contributed by atoms with Crippen LogP contribution in [-0.2, 0) is 26.2 Å². The molecule has 10 heteroatoms. The van der Waals surface area contributed by atoms with E-state index < -0.39 is 28.5 Å². The minimum Gasteiger partial charge on any atom is -0.352 e. The number of benzene rings is 3. The lowest BCUT2D eigenvalue weighted by Crippen LogP contribution is -2.52. The number of halogens is 2. The van der Waals surface area contributed by atoms with E-state index in [1.807, 2.05) is 33.8 Å². The van der Waals surface area contributed by atoms with Crippen molar-refractivity contribution < 1.29 is 18.0 Å². The van der Waals surface area contributed by atoms with Crippen LogP contribution in [0.5, 0.6) is 0 Å². The summed E-state index contributed by atoms with van der Waals surface area (Å²) in [7, 11) is -4.14. The molecule has 0 aliphatic carbocycles. The van der Waals surface area contributed by atoms with Crippen molar-refractivity contribution in [2.75, 3.05) is 10.8 Å². The van der Waals surface area contributed by atoms with Crippen molar-refractivity contribution in [2.24, 2.45) is 0 Å². The maximum Gasteiger partial charge on any atom is 0.264 e. The molecule has 0 aliphatic heterocycles. The molecule has 39 heavy (non-hydrogen) atoms. The molecule has 1 atom stereocenters. The van der Waals surface area contributed by atoms with Gasteiger partial charge in [-0.05, 0) is 82.1 Å². The molecule has 3 rings (SSSR count). The Kier molecular flexibility index (Phi) is 10.0. The van der Waals surface area contributed by atoms with E-state index >= 15 is 0 Å². The average Bonchev–Trinajstić information content (AvgIpc) is 2.86. The van der Waals surface area contributed by atoms with E-state index in [9.17, 15) is 18.0 Å². The topological polar surface area (TPSA) is 86.8 Å². The fourth-order valence-electron chi connectivity index (χ4n) is 4.18. The lowest BCUT2D eigenvalue weighted by atomic mass is 10.1. The third-order valence-corrected chi connectivity index (χ3v) is 8.59. The minimum absolute atomic E-state index is 0.0447. The number of nitrogens with one attached hydrogen (secondary N) is 1. The lowest BCUT2D eigenvalue weighted by molar-refractivity contribution is -0.139. The van der Waals surface area contributed by atoms with E-state index in [1.54, 1.807) is 55.5 Å². The number of carbonyl (C=O) groups excluding carboxylic acids is 2. The second-order valence-electron chi connectivity index (χ2n) is 9.73. The van der Waals surface area contributed by atoms with Gasteiger partial charge in [-0.1, -0.05) is 53.5 Å². The molecule has 0 aromatic heterocycles. The molecule has 0 aliphatic rings. The quantitative estimate of drug-likeness (QED) is 0.326. The van der Waals surface area contributed by atoms with Gasteiger partial charge in [-0.15, -0.1) is 0 Å². The molecule has 0 heterocycles. The first-order valence-electron chi connectivity index (χ1n) is 12.5. The predicted molar refractivity (Wildman–Crippen MR) is 157 cm³/mol. The fourth-order valence-corrected chi connectivity index (χ4v) is 6.12. The Morgan fingerprint density at radius 3 is 1.97 bits per heavy atom. The van der Waals surface area contributed by atoms with Crippen LogP contribution in [0, 0.1) is 13.8 Å². The number of amides is 2. The van der Waals surface area contributed by atoms with Crippen molar-refractivity contribution in [2.45, 2.75) is 58.1 Å². The molecule has 3 aromatic rings. The highest BCUT2D eigenvalue weighted by Crippen LogP contribution is 2.29. The summed E-state index contributed by atoms with van der Waals surface area (Å²) in [4.78, 5) is 28.4. The predicted octanol–water partition coefficient (Wildman–Crippen LogP) is 5.75. The van der Waals surface area contributed by atoms with E-state index in [0.717, 1.165) is 15.4 Å². The van der Waals surface area contributed by atoms with Crippen molar-refractivity contribution in [3.05, 3.63) is 93.5 Å². The summed E-state index contributed by atoms with van der Waals surface area (Å²) in [5.74, 6) is -0.971. The van der Waals surface area contributed by atoms with E-state index in [1.165, 1.54) is 17.0 Å². The molecule has 1 unspecified atom stereocenters. The van der Waals surface area contributed by atoms with Gasteiger partial charge in [-0.25, -0.2) is 8.42 Å². The second-order valence-corrected chi connectivity index (χ2v) is 12.4. The smallest absolute Gasteiger partial charge is 0.264 e. The maximum atomic E-state index is 14.0. The third kappa shape index (κ3) is 7.53. The normalized spacial score (nSPS) is 12.2. The Labute approximate surface area is 240 Å². The van der Waals surface area contributed by atoms with Crippen LogP contribution in [0.25, 0.3) is 0 Å². The molecule has 2 amide bonds. The first kappa shape index (κ1) is 30.5. The molecular formula is C29H33Cl2N3O4S. The van der Waals surface area contributed by atoms with Gasteiger partial charge in [-0.2, -0.15) is 0 Å². The molecule has 7 nitrogen and oxygen atoms in total. The van der Waals surface area contributed by atoms with Crippen LogP contribution in [0.3, 0.4) is 0 Å². The van der Waals surface area contributed by atoms with Crippen molar-refractivity contribution in [1.82, 2.24) is 10.2 Å². The van der Waals surface area contributed by atoms with Gasteiger partial charge >= 0.3 is 0 Å². The third-order valence-electron chi connectivity index (χ3n) is 6.09. The molecule has 0 saturated heterocycles. The molecule has 0 saturated carbocycles. The van der Waals surface area contributed by atoms with Crippen molar-refractivity contribution in [1.29, 1.82) is 0 Å². The molecule has 3 aromatic carbocycles. The summed E-state index contributed by atoms with van der Waals surface area (Å²) >= 11 is 12.8. The van der Waals surface area contributed by atoms with Crippen LogP contribution in [-0.4, -0.2) is 43.8 Å². The van der Waals surface area contributed by atoms with Gasteiger partial charge in [0.1, 0.15) is 12.6 Å². The zero-order valence-corrected chi connectivity index (χ0v) is 24.9. The zero-order valence-electron chi connectivity index (χ0n) is 22.6. The van der Waals surface area contributed by atoms with Gasteiger partial charge < -0.3 is 10.2 Å². The van der Waals surface area contributed by atoms with E-state index in [4.69, 9.17) is 23.2 Å². The molecular weight excluding hydrogens is 557 g/mol. The van der Waals surface area contributed by atoms with Gasteiger partial charge in [0, 0.05) is 28.2 Å². The van der Waals surface area contributed by atoms with E-state index in [-0.39, 0.29) is 23.4 Å². The Morgan fingerprint density at radius 2 is 1.44 bits per heavy atom. The summed E-state index contributed by atoms with van der Waals surface area (Å²) < 4.78 is 28.8. The van der Waals surface area contributed by atoms with Crippen LogP contribution in [0.15, 0.2) is 71.6 Å². The SMILES string of the molecule is Cc1cc(C)cc(N(CC(=O)N(Cc2c(Cl)cccc2Cl)C(C)C(=O)NC(C)C)S(=O)(=O)c2ccccc2)c1. The Hall–Kier alpha value is -3.07. The molecule has 0 fully saturated rings. The number of nitrogens with zero attached hydrogens (tertiary/aromatic N) is 2. The van der Waals surface area contributed by atoms with Crippen LogP contribution < -0.4 is 9.62 Å². The average molecular weight is 591 g/mol. The van der Waals surface area contributed by atoms with Gasteiger partial charge in [0.05, 0.1) is 10.6 Å². The zero-order chi connectivity index (χ0) is 28.9.